The highest BCUT2D eigenvalue weighted by molar-refractivity contribution is 5.97. The maximum absolute atomic E-state index is 13.0. The van der Waals surface area contributed by atoms with Gasteiger partial charge in [-0.3, -0.25) is 76.3 Å². The molecule has 0 bridgehead atoms. The molecule has 18 atom stereocenters. The van der Waals surface area contributed by atoms with E-state index in [9.17, 15) is 88.2 Å². The highest BCUT2D eigenvalue weighted by atomic mass is 16.6. The Morgan fingerprint density at radius 2 is 0.664 bits per heavy atom. The number of hydrogen-bond donors (Lipinski definition) is 6. The van der Waals surface area contributed by atoms with Gasteiger partial charge < -0.3 is 92.5 Å². The average molecular weight is 1870 g/mol. The van der Waals surface area contributed by atoms with E-state index in [-0.39, 0.29) is 52.1 Å². The SMILES string of the molecule is CCCCCCCCn1ccnn1.CCCCCCCCn1ccnn1.CCOC(=O)C(C)C(C(=O)O)C(CC(C(=O)O)C(C(=O)O)C(CC(C(=O)OCC)C(C(=O)O)C(CC)OC)OC)OC.CCOC(=O)C(C)C(C(=O)O)C(CC1C(=O)OC(=O)C1C(CC(C(=O)OCC)C(C(=O)O)C(CC)OC)OC)OC.CN(C)CCCn1ccnn1.CN(C)CCCn1ccnn1. The molecule has 0 amide bonds. The molecule has 0 radical (unpaired) electrons. The molecular weight excluding hydrogens is 1720 g/mol. The van der Waals surface area contributed by atoms with Gasteiger partial charge in [0.1, 0.15) is 0 Å². The van der Waals surface area contributed by atoms with Gasteiger partial charge in [-0.1, -0.05) is 127 Å². The fourth-order valence-electron chi connectivity index (χ4n) is 15.2. The first-order valence-corrected chi connectivity index (χ1v) is 45.1. The lowest BCUT2D eigenvalue weighted by Gasteiger charge is -2.35. The van der Waals surface area contributed by atoms with Gasteiger partial charge >= 0.3 is 71.6 Å². The van der Waals surface area contributed by atoms with Crippen molar-refractivity contribution >= 4 is 71.6 Å². The van der Waals surface area contributed by atoms with Crippen molar-refractivity contribution in [2.24, 2.45) is 71.0 Å². The highest BCUT2D eigenvalue weighted by Gasteiger charge is 2.55. The van der Waals surface area contributed by atoms with Crippen molar-refractivity contribution in [1.82, 2.24) is 69.8 Å². The summed E-state index contributed by atoms with van der Waals surface area (Å²) in [6, 6.07) is 0. The summed E-state index contributed by atoms with van der Waals surface area (Å²) in [5.74, 6) is -32.0. The molecule has 5 rings (SSSR count). The molecule has 43 heteroatoms. The first-order chi connectivity index (χ1) is 62.5. The number of unbranched alkanes of at least 4 members (excludes halogenated alkanes) is 10. The van der Waals surface area contributed by atoms with Gasteiger partial charge in [0, 0.05) is 93.6 Å². The van der Waals surface area contributed by atoms with E-state index in [0.717, 1.165) is 66.3 Å². The topological polar surface area (TPSA) is 557 Å². The van der Waals surface area contributed by atoms with Gasteiger partial charge in [-0.2, -0.15) is 0 Å². The minimum absolute atomic E-state index is 0.0230. The second kappa shape index (κ2) is 70.8. The van der Waals surface area contributed by atoms with Gasteiger partial charge in [0.25, 0.3) is 0 Å². The number of carbonyl (C=O) groups excluding carboxylic acids is 6. The minimum atomic E-state index is -1.91. The number of cyclic esters (lactones) is 2. The number of rotatable bonds is 63. The number of ether oxygens (including phenoxy) is 11. The third-order valence-electron chi connectivity index (χ3n) is 22.1. The predicted octanol–water partition coefficient (Wildman–Crippen LogP) is 8.46. The summed E-state index contributed by atoms with van der Waals surface area (Å²) in [6.07, 6.45) is 23.8. The molecule has 0 spiro atoms. The zero-order valence-electron chi connectivity index (χ0n) is 80.6. The van der Waals surface area contributed by atoms with Gasteiger partial charge in [-0.25, -0.2) is 0 Å². The molecular formula is C88H152N14O29. The number of aliphatic carboxylic acids is 6. The van der Waals surface area contributed by atoms with Crippen molar-refractivity contribution in [3.8, 4) is 0 Å². The van der Waals surface area contributed by atoms with E-state index >= 15 is 0 Å². The summed E-state index contributed by atoms with van der Waals surface area (Å²) < 4.78 is 64.6. The van der Waals surface area contributed by atoms with Crippen LogP contribution in [0.5, 0.6) is 0 Å². The monoisotopic (exact) mass is 1870 g/mol. The second-order valence-corrected chi connectivity index (χ2v) is 31.9. The van der Waals surface area contributed by atoms with Crippen molar-refractivity contribution in [1.29, 1.82) is 0 Å². The lowest BCUT2D eigenvalue weighted by Crippen LogP contribution is -2.47. The Kier molecular flexibility index (Phi) is 65.4. The summed E-state index contributed by atoms with van der Waals surface area (Å²) in [4.78, 5) is 155. The highest BCUT2D eigenvalue weighted by Crippen LogP contribution is 2.40. The van der Waals surface area contributed by atoms with Crippen LogP contribution >= 0.6 is 0 Å². The lowest BCUT2D eigenvalue weighted by molar-refractivity contribution is -0.171. The summed E-state index contributed by atoms with van der Waals surface area (Å²) in [7, 11) is 15.4. The van der Waals surface area contributed by atoms with Crippen LogP contribution in [0.3, 0.4) is 0 Å². The lowest BCUT2D eigenvalue weighted by atomic mass is 9.74. The van der Waals surface area contributed by atoms with Crippen LogP contribution in [0.4, 0.5) is 0 Å². The van der Waals surface area contributed by atoms with Crippen LogP contribution in [-0.4, -0.2) is 319 Å². The molecule has 43 nitrogen and oxygen atoms in total. The zero-order chi connectivity index (χ0) is 99.1. The molecule has 6 N–H and O–H groups in total. The molecule has 0 aromatic carbocycles. The Morgan fingerprint density at radius 1 is 0.366 bits per heavy atom. The maximum atomic E-state index is 13.0. The van der Waals surface area contributed by atoms with Gasteiger partial charge in [-0.05, 0) is 133 Å². The zero-order valence-corrected chi connectivity index (χ0v) is 80.6. The largest absolute Gasteiger partial charge is 0.481 e. The molecule has 748 valence electrons. The first kappa shape index (κ1) is 121. The Balaban J connectivity index is 0.00000172. The van der Waals surface area contributed by atoms with Gasteiger partial charge in [0.2, 0.25) is 0 Å². The number of carbonyl (C=O) groups is 12. The number of aryl methyl sites for hydroxylation is 4. The van der Waals surface area contributed by atoms with Crippen LogP contribution < -0.4 is 0 Å². The third kappa shape index (κ3) is 46.3. The Hall–Kier alpha value is -9.92. The van der Waals surface area contributed by atoms with Crippen LogP contribution in [-0.2, 0) is 136 Å². The molecule has 0 aliphatic carbocycles. The Labute approximate surface area is 769 Å². The first-order valence-electron chi connectivity index (χ1n) is 45.1. The smallest absolute Gasteiger partial charge is 0.320 e. The number of nitrogens with zero attached hydrogens (tertiary/aromatic N) is 14. The molecule has 1 aliphatic heterocycles. The van der Waals surface area contributed by atoms with Gasteiger partial charge in [0.15, 0.2) is 0 Å². The molecule has 131 heavy (non-hydrogen) atoms. The van der Waals surface area contributed by atoms with Crippen molar-refractivity contribution in [2.45, 2.75) is 260 Å². The Bertz CT molecular complexity index is 3650. The van der Waals surface area contributed by atoms with Crippen LogP contribution in [0.15, 0.2) is 49.6 Å². The van der Waals surface area contributed by atoms with Crippen molar-refractivity contribution in [3.63, 3.8) is 0 Å². The molecule has 1 aliphatic rings. The number of carboxylic acid groups (broad SMARTS) is 6. The van der Waals surface area contributed by atoms with E-state index in [1.54, 1.807) is 52.5 Å². The van der Waals surface area contributed by atoms with E-state index in [4.69, 9.17) is 52.1 Å². The van der Waals surface area contributed by atoms with Gasteiger partial charge in [0.05, 0.1) is 159 Å². The molecule has 1 fully saturated rings. The maximum Gasteiger partial charge on any atom is 0.320 e. The summed E-state index contributed by atoms with van der Waals surface area (Å²) >= 11 is 0. The Morgan fingerprint density at radius 3 is 0.954 bits per heavy atom. The van der Waals surface area contributed by atoms with Crippen LogP contribution in [0, 0.1) is 71.0 Å². The van der Waals surface area contributed by atoms with E-state index < -0.39 is 192 Å². The number of esters is 6. The summed E-state index contributed by atoms with van der Waals surface area (Å²) in [5.41, 5.74) is 0. The molecule has 4 aromatic heterocycles. The number of methoxy groups -OCH3 is 6. The molecule has 0 saturated carbocycles. The fourth-order valence-corrected chi connectivity index (χ4v) is 15.2. The van der Waals surface area contributed by atoms with Crippen LogP contribution in [0.25, 0.3) is 0 Å². The van der Waals surface area contributed by atoms with E-state index in [1.807, 2.05) is 43.5 Å². The second-order valence-electron chi connectivity index (χ2n) is 31.9. The van der Waals surface area contributed by atoms with Crippen molar-refractivity contribution in [3.05, 3.63) is 49.6 Å². The molecule has 18 unspecified atom stereocenters. The summed E-state index contributed by atoms with van der Waals surface area (Å²) in [5, 5.41) is 90.5. The van der Waals surface area contributed by atoms with E-state index in [2.05, 4.69) is 93.1 Å². The van der Waals surface area contributed by atoms with Gasteiger partial charge in [-0.15, -0.1) is 20.4 Å². The molecule has 5 heterocycles. The minimum Gasteiger partial charge on any atom is -0.481 e. The standard InChI is InChI=1S/C27H44O15.C27H42O14.2C10H19N3.2C7H14N4/c1-8-16(38-5)21(25(34)35)15(27(37)42-10-3)12-18(40-7)20(24(32)33)14(22(28)29)11-17(39-6)19(23(30)31)13(4)26(36)41-9-2;1-8-16(36-5)20(23(30)31)14(25(33)40-10-3)11-18(38-7)21-15(26(34)41-27(21)35)12-17(37-6)19(22(28)29)13(4)24(32)39-9-2;2*1-2-3-4-5-6-7-9-13-10-8-11-12-13;2*1-10(2)5-3-6-11-7-4-8-9-11/h13-21H,8-12H2,1-7H3,(H,28,29)(H,30,31)(H,32,33)(H,34,35);13-21H,8-12H2,1-7H3,(H,28,29)(H,30,31);2*8,10H,2-7,9H2,1H3;2*4,7H,3,5-6H2,1-2H3. The number of hydrogen-bond acceptors (Lipinski definition) is 33. The van der Waals surface area contributed by atoms with Crippen molar-refractivity contribution < 1.29 is 140 Å². The van der Waals surface area contributed by atoms with Crippen molar-refractivity contribution in [2.75, 3.05) is 110 Å². The fraction of sp³-hybridized carbons (Fsp3) is 0.773. The average Bonchev–Trinajstić information content (AvgIpc) is 1.65. The van der Waals surface area contributed by atoms with E-state index in [1.165, 1.54) is 133 Å². The molecule has 4 aromatic rings. The quantitative estimate of drug-likeness (QED) is 0.0104. The van der Waals surface area contributed by atoms with Crippen LogP contribution in [0.1, 0.15) is 198 Å². The normalized spacial score (nSPS) is 16.5. The predicted molar refractivity (Wildman–Crippen MR) is 474 cm³/mol. The van der Waals surface area contributed by atoms with Crippen LogP contribution in [0.2, 0.25) is 0 Å². The van der Waals surface area contributed by atoms with E-state index in [0.29, 0.717) is 0 Å². The number of aromatic nitrogens is 12. The molecule has 1 saturated heterocycles. The third-order valence-corrected chi connectivity index (χ3v) is 22.1. The number of carboxylic acids is 6. The summed E-state index contributed by atoms with van der Waals surface area (Å²) in [6.45, 7) is 22.5.